The Morgan fingerprint density at radius 2 is 1.67 bits per heavy atom. The number of nitrogens with zero attached hydrogens (tertiary/aromatic N) is 1. The van der Waals surface area contributed by atoms with Gasteiger partial charge in [-0.2, -0.15) is 0 Å². The zero-order valence-electron chi connectivity index (χ0n) is 19.3. The lowest BCUT2D eigenvalue weighted by molar-refractivity contribution is -0.188. The topological polar surface area (TPSA) is 87.7 Å². The number of benzene rings is 1. The van der Waals surface area contributed by atoms with Crippen molar-refractivity contribution in [3.63, 3.8) is 0 Å². The lowest BCUT2D eigenvalue weighted by Gasteiger charge is -2.60. The number of carbonyl (C=O) groups is 3. The van der Waals surface area contributed by atoms with Gasteiger partial charge >= 0.3 is 11.8 Å². The molecule has 0 aromatic heterocycles. The van der Waals surface area contributed by atoms with Gasteiger partial charge in [0.2, 0.25) is 5.91 Å². The molecular weight excluding hydrogens is 418 g/mol. The standard InChI is InChI=1S/C26H33N3O4/c1-33-26(19-8-15-7-16(10-19)11-20(26)9-15)14-27-24(31)25(32)28-21-12-17-3-2-6-29-22(30)5-4-18(13-21)23(17)29/h12-13,15-16,19-20H,2-11,14H2,1H3,(H,27,31)(H,28,32). The molecule has 2 N–H and O–H groups in total. The minimum Gasteiger partial charge on any atom is -0.376 e. The lowest BCUT2D eigenvalue weighted by atomic mass is 9.49. The molecule has 3 amide bonds. The molecule has 1 aromatic rings. The fourth-order valence-electron chi connectivity index (χ4n) is 7.89. The van der Waals surface area contributed by atoms with Gasteiger partial charge in [-0.3, -0.25) is 14.4 Å². The lowest BCUT2D eigenvalue weighted by Crippen LogP contribution is -2.63. The van der Waals surface area contributed by atoms with E-state index in [9.17, 15) is 14.4 Å². The zero-order chi connectivity index (χ0) is 22.7. The highest BCUT2D eigenvalue weighted by atomic mass is 16.5. The molecule has 4 saturated carbocycles. The van der Waals surface area contributed by atoms with E-state index in [4.69, 9.17) is 4.74 Å². The molecule has 0 spiro atoms. The maximum Gasteiger partial charge on any atom is 0.313 e. The first-order chi connectivity index (χ1) is 16.0. The first kappa shape index (κ1) is 21.1. The summed E-state index contributed by atoms with van der Waals surface area (Å²) in [4.78, 5) is 39.7. The average Bonchev–Trinajstić information content (AvgIpc) is 2.81. The Balaban J connectivity index is 1.14. The van der Waals surface area contributed by atoms with Crippen molar-refractivity contribution in [1.29, 1.82) is 0 Å². The minimum atomic E-state index is -0.642. The number of nitrogens with one attached hydrogen (secondary N) is 2. The number of hydrogen-bond donors (Lipinski definition) is 2. The molecule has 7 rings (SSSR count). The second-order valence-electron chi connectivity index (χ2n) is 10.9. The second kappa shape index (κ2) is 7.83. The Labute approximate surface area is 194 Å². The molecule has 0 saturated heterocycles. The summed E-state index contributed by atoms with van der Waals surface area (Å²) < 4.78 is 6.10. The van der Waals surface area contributed by atoms with Gasteiger partial charge in [-0.05, 0) is 98.3 Å². The molecule has 7 nitrogen and oxygen atoms in total. The van der Waals surface area contributed by atoms with Crippen LogP contribution in [0.2, 0.25) is 0 Å². The maximum absolute atomic E-state index is 12.8. The molecule has 33 heavy (non-hydrogen) atoms. The third-order valence-corrected chi connectivity index (χ3v) is 9.16. The van der Waals surface area contributed by atoms with Crippen molar-refractivity contribution in [3.8, 4) is 0 Å². The normalized spacial score (nSPS) is 33.6. The fraction of sp³-hybridized carbons (Fsp3) is 0.654. The third kappa shape index (κ3) is 3.38. The number of hydrogen-bond acceptors (Lipinski definition) is 4. The van der Waals surface area contributed by atoms with Crippen molar-refractivity contribution in [3.05, 3.63) is 23.3 Å². The molecule has 2 aliphatic heterocycles. The predicted molar refractivity (Wildman–Crippen MR) is 124 cm³/mol. The Kier molecular flexibility index (Phi) is 5.02. The Bertz CT molecular complexity index is 974. The van der Waals surface area contributed by atoms with Crippen LogP contribution < -0.4 is 15.5 Å². The van der Waals surface area contributed by atoms with Gasteiger partial charge in [-0.1, -0.05) is 0 Å². The molecule has 1 aromatic carbocycles. The summed E-state index contributed by atoms with van der Waals surface area (Å²) in [6.07, 6.45) is 9.04. The van der Waals surface area contributed by atoms with Crippen molar-refractivity contribution >= 4 is 29.1 Å². The van der Waals surface area contributed by atoms with Crippen LogP contribution in [0.4, 0.5) is 11.4 Å². The quantitative estimate of drug-likeness (QED) is 0.689. The molecule has 4 aliphatic carbocycles. The van der Waals surface area contributed by atoms with Crippen LogP contribution in [0.1, 0.15) is 56.1 Å². The first-order valence-corrected chi connectivity index (χ1v) is 12.6. The van der Waals surface area contributed by atoms with Crippen LogP contribution >= 0.6 is 0 Å². The van der Waals surface area contributed by atoms with E-state index in [0.29, 0.717) is 36.9 Å². The molecule has 2 heterocycles. The van der Waals surface area contributed by atoms with Gasteiger partial charge in [0, 0.05) is 32.3 Å². The van der Waals surface area contributed by atoms with Gasteiger partial charge < -0.3 is 20.3 Å². The summed E-state index contributed by atoms with van der Waals surface area (Å²) in [5.74, 6) is 1.50. The minimum absolute atomic E-state index is 0.177. The number of carbonyl (C=O) groups excluding carboxylic acids is 3. The number of rotatable bonds is 4. The van der Waals surface area contributed by atoms with Crippen LogP contribution in [0, 0.1) is 23.7 Å². The van der Waals surface area contributed by atoms with Crippen LogP contribution in [0.3, 0.4) is 0 Å². The van der Waals surface area contributed by atoms with Crippen molar-refractivity contribution in [2.75, 3.05) is 30.4 Å². The van der Waals surface area contributed by atoms with Crippen molar-refractivity contribution < 1.29 is 19.1 Å². The highest BCUT2D eigenvalue weighted by Gasteiger charge is 2.57. The van der Waals surface area contributed by atoms with Gasteiger partial charge in [0.1, 0.15) is 0 Å². The van der Waals surface area contributed by atoms with Crippen molar-refractivity contribution in [2.45, 2.75) is 63.4 Å². The maximum atomic E-state index is 12.8. The number of aryl methyl sites for hydroxylation is 2. The van der Waals surface area contributed by atoms with E-state index < -0.39 is 11.8 Å². The predicted octanol–water partition coefficient (Wildman–Crippen LogP) is 2.81. The number of ether oxygens (including phenoxy) is 1. The SMILES string of the molecule is COC1(CNC(=O)C(=O)Nc2cc3c4c(c2)CCC(=O)N4CCC3)C2CC3CC(C2)CC1C3. The van der Waals surface area contributed by atoms with E-state index in [1.165, 1.54) is 32.1 Å². The second-order valence-corrected chi connectivity index (χ2v) is 10.9. The van der Waals surface area contributed by atoms with Crippen LogP contribution in [0.5, 0.6) is 0 Å². The molecule has 0 radical (unpaired) electrons. The summed E-state index contributed by atoms with van der Waals surface area (Å²) in [5.41, 5.74) is 3.47. The van der Waals surface area contributed by atoms with Gasteiger partial charge in [0.25, 0.3) is 0 Å². The number of anilines is 2. The van der Waals surface area contributed by atoms with E-state index in [2.05, 4.69) is 10.6 Å². The van der Waals surface area contributed by atoms with E-state index in [-0.39, 0.29) is 11.5 Å². The summed E-state index contributed by atoms with van der Waals surface area (Å²) in [6, 6.07) is 3.84. The number of methoxy groups -OCH3 is 1. The molecule has 4 bridgehead atoms. The smallest absolute Gasteiger partial charge is 0.313 e. The molecule has 176 valence electrons. The molecular formula is C26H33N3O4. The fourth-order valence-corrected chi connectivity index (χ4v) is 7.89. The largest absolute Gasteiger partial charge is 0.376 e. The van der Waals surface area contributed by atoms with Crippen LogP contribution in [-0.4, -0.2) is 43.5 Å². The summed E-state index contributed by atoms with van der Waals surface area (Å²) in [5, 5.41) is 5.71. The molecule has 4 fully saturated rings. The van der Waals surface area contributed by atoms with E-state index in [1.54, 1.807) is 7.11 Å². The van der Waals surface area contributed by atoms with Crippen molar-refractivity contribution in [1.82, 2.24) is 5.32 Å². The molecule has 0 unspecified atom stereocenters. The van der Waals surface area contributed by atoms with E-state index >= 15 is 0 Å². The zero-order valence-corrected chi connectivity index (χ0v) is 19.3. The molecule has 7 heteroatoms. The summed E-state index contributed by atoms with van der Waals surface area (Å²) in [7, 11) is 1.77. The Morgan fingerprint density at radius 3 is 2.33 bits per heavy atom. The Hall–Kier alpha value is -2.41. The highest BCUT2D eigenvalue weighted by Crippen LogP contribution is 2.59. The highest BCUT2D eigenvalue weighted by molar-refractivity contribution is 6.39. The van der Waals surface area contributed by atoms with Gasteiger partial charge in [-0.25, -0.2) is 0 Å². The van der Waals surface area contributed by atoms with Gasteiger partial charge in [0.15, 0.2) is 0 Å². The monoisotopic (exact) mass is 451 g/mol. The third-order valence-electron chi connectivity index (χ3n) is 9.16. The van der Waals surface area contributed by atoms with Crippen LogP contribution in [0.15, 0.2) is 12.1 Å². The average molecular weight is 452 g/mol. The molecule has 6 aliphatic rings. The van der Waals surface area contributed by atoms with Crippen molar-refractivity contribution in [2.24, 2.45) is 23.7 Å². The van der Waals surface area contributed by atoms with Crippen LogP contribution in [-0.2, 0) is 32.0 Å². The number of amides is 3. The summed E-state index contributed by atoms with van der Waals surface area (Å²) in [6.45, 7) is 1.16. The summed E-state index contributed by atoms with van der Waals surface area (Å²) >= 11 is 0. The molecule has 0 atom stereocenters. The van der Waals surface area contributed by atoms with E-state index in [0.717, 1.165) is 48.0 Å². The van der Waals surface area contributed by atoms with Gasteiger partial charge in [0.05, 0.1) is 11.3 Å². The van der Waals surface area contributed by atoms with Crippen LogP contribution in [0.25, 0.3) is 0 Å². The first-order valence-electron chi connectivity index (χ1n) is 12.6. The van der Waals surface area contributed by atoms with E-state index in [1.807, 2.05) is 17.0 Å². The van der Waals surface area contributed by atoms with Gasteiger partial charge in [-0.15, -0.1) is 0 Å². The Morgan fingerprint density at radius 1 is 1.00 bits per heavy atom.